The average Bonchev–Trinajstić information content (AvgIpc) is 2.84. The summed E-state index contributed by atoms with van der Waals surface area (Å²) in [6, 6.07) is 15.9. The number of halogens is 1. The van der Waals surface area contributed by atoms with Gasteiger partial charge in [0, 0.05) is 18.1 Å². The number of rotatable bonds is 5. The van der Waals surface area contributed by atoms with Crippen LogP contribution in [0.15, 0.2) is 61.2 Å². The second-order valence-electron chi connectivity index (χ2n) is 4.81. The van der Waals surface area contributed by atoms with Crippen LogP contribution in [-0.2, 0) is 13.1 Å². The lowest BCUT2D eigenvalue weighted by Crippen LogP contribution is -2.07. The summed E-state index contributed by atoms with van der Waals surface area (Å²) in [4.78, 5) is 4.64. The second kappa shape index (κ2) is 6.02. The summed E-state index contributed by atoms with van der Waals surface area (Å²) in [6.07, 6.45) is 1.87. The lowest BCUT2D eigenvalue weighted by atomic mass is 10.2. The Bertz CT molecular complexity index is 777. The van der Waals surface area contributed by atoms with E-state index in [1.165, 1.54) is 0 Å². The fourth-order valence-electron chi connectivity index (χ4n) is 2.35. The van der Waals surface area contributed by atoms with Gasteiger partial charge in [0.2, 0.25) is 5.95 Å². The molecule has 1 heterocycles. The first-order chi connectivity index (χ1) is 10.3. The molecule has 0 radical (unpaired) electrons. The van der Waals surface area contributed by atoms with Crippen molar-refractivity contribution in [2.24, 2.45) is 0 Å². The molecular weight excluding hydrogens is 282 g/mol. The molecule has 0 fully saturated rings. The third-order valence-electron chi connectivity index (χ3n) is 3.31. The maximum Gasteiger partial charge on any atom is 0.204 e. The Hall–Kier alpha value is -2.26. The van der Waals surface area contributed by atoms with E-state index in [0.717, 1.165) is 34.1 Å². The van der Waals surface area contributed by atoms with Crippen LogP contribution in [0.2, 0.25) is 5.02 Å². The zero-order valence-electron chi connectivity index (χ0n) is 11.6. The van der Waals surface area contributed by atoms with Crippen molar-refractivity contribution in [1.29, 1.82) is 0 Å². The van der Waals surface area contributed by atoms with Crippen molar-refractivity contribution in [2.75, 3.05) is 5.32 Å². The van der Waals surface area contributed by atoms with E-state index >= 15 is 0 Å². The summed E-state index contributed by atoms with van der Waals surface area (Å²) in [5.74, 6) is 0.844. The molecule has 4 heteroatoms. The number of benzene rings is 2. The topological polar surface area (TPSA) is 29.9 Å². The van der Waals surface area contributed by atoms with E-state index in [1.54, 1.807) is 0 Å². The first kappa shape index (κ1) is 13.7. The summed E-state index contributed by atoms with van der Waals surface area (Å²) in [5, 5.41) is 4.12. The minimum atomic E-state index is 0.682. The van der Waals surface area contributed by atoms with Gasteiger partial charge in [-0.3, -0.25) is 0 Å². The van der Waals surface area contributed by atoms with Crippen LogP contribution in [0.25, 0.3) is 11.0 Å². The number of fused-ring (bicyclic) bond motifs is 1. The molecule has 0 aliphatic carbocycles. The smallest absolute Gasteiger partial charge is 0.204 e. The minimum Gasteiger partial charge on any atom is -0.352 e. The zero-order chi connectivity index (χ0) is 14.7. The molecule has 1 N–H and O–H groups in total. The molecule has 0 spiro atoms. The van der Waals surface area contributed by atoms with Gasteiger partial charge in [0.1, 0.15) is 0 Å². The monoisotopic (exact) mass is 297 g/mol. The van der Waals surface area contributed by atoms with Crippen LogP contribution in [0.1, 0.15) is 5.56 Å². The summed E-state index contributed by atoms with van der Waals surface area (Å²) in [5.41, 5.74) is 3.21. The van der Waals surface area contributed by atoms with Crippen LogP contribution in [0.5, 0.6) is 0 Å². The fraction of sp³-hybridized carbons (Fsp3) is 0.118. The highest BCUT2D eigenvalue weighted by Crippen LogP contribution is 2.20. The maximum atomic E-state index is 6.01. The van der Waals surface area contributed by atoms with Crippen LogP contribution >= 0.6 is 11.6 Å². The van der Waals surface area contributed by atoms with E-state index in [9.17, 15) is 0 Å². The standard InChI is InChI=1S/C17H16ClN3/c1-2-10-21-16-9-4-3-8-15(16)20-17(21)19-12-13-6-5-7-14(18)11-13/h2-9,11H,1,10,12H2,(H,19,20). The molecular formula is C17H16ClN3. The van der Waals surface area contributed by atoms with Crippen molar-refractivity contribution in [1.82, 2.24) is 9.55 Å². The number of nitrogens with zero attached hydrogens (tertiary/aromatic N) is 2. The number of aromatic nitrogens is 2. The number of hydrogen-bond donors (Lipinski definition) is 1. The Morgan fingerprint density at radius 3 is 2.86 bits per heavy atom. The maximum absolute atomic E-state index is 6.01. The fourth-order valence-corrected chi connectivity index (χ4v) is 2.57. The molecule has 0 bridgehead atoms. The predicted octanol–water partition coefficient (Wildman–Crippen LogP) is 4.49. The molecule has 0 aliphatic heterocycles. The van der Waals surface area contributed by atoms with Crippen LogP contribution in [-0.4, -0.2) is 9.55 Å². The van der Waals surface area contributed by atoms with Crippen molar-refractivity contribution in [2.45, 2.75) is 13.1 Å². The Balaban J connectivity index is 1.89. The molecule has 0 aliphatic rings. The summed E-state index contributed by atoms with van der Waals surface area (Å²) in [6.45, 7) is 5.22. The third kappa shape index (κ3) is 2.93. The zero-order valence-corrected chi connectivity index (χ0v) is 12.3. The first-order valence-electron chi connectivity index (χ1n) is 6.82. The molecule has 0 amide bonds. The van der Waals surface area contributed by atoms with Crippen molar-refractivity contribution >= 4 is 28.6 Å². The van der Waals surface area contributed by atoms with Crippen molar-refractivity contribution < 1.29 is 0 Å². The van der Waals surface area contributed by atoms with Crippen LogP contribution in [0, 0.1) is 0 Å². The van der Waals surface area contributed by atoms with E-state index in [4.69, 9.17) is 11.6 Å². The quantitative estimate of drug-likeness (QED) is 0.703. The van der Waals surface area contributed by atoms with E-state index < -0.39 is 0 Å². The van der Waals surface area contributed by atoms with Crippen molar-refractivity contribution in [3.05, 3.63) is 71.8 Å². The van der Waals surface area contributed by atoms with E-state index in [2.05, 4.69) is 27.5 Å². The second-order valence-corrected chi connectivity index (χ2v) is 5.24. The van der Waals surface area contributed by atoms with Gasteiger partial charge >= 0.3 is 0 Å². The molecule has 0 saturated heterocycles. The number of allylic oxidation sites excluding steroid dienone is 1. The number of para-hydroxylation sites is 2. The normalized spacial score (nSPS) is 10.7. The van der Waals surface area contributed by atoms with Crippen LogP contribution < -0.4 is 5.32 Å². The van der Waals surface area contributed by atoms with Gasteiger partial charge in [-0.25, -0.2) is 4.98 Å². The molecule has 1 aromatic heterocycles. The third-order valence-corrected chi connectivity index (χ3v) is 3.54. The van der Waals surface area contributed by atoms with Crippen molar-refractivity contribution in [3.63, 3.8) is 0 Å². The van der Waals surface area contributed by atoms with E-state index in [0.29, 0.717) is 6.54 Å². The molecule has 0 saturated carbocycles. The predicted molar refractivity (Wildman–Crippen MR) is 88.7 cm³/mol. The number of imidazole rings is 1. The molecule has 2 aromatic carbocycles. The summed E-state index contributed by atoms with van der Waals surface area (Å²) >= 11 is 6.01. The van der Waals surface area contributed by atoms with Crippen molar-refractivity contribution in [3.8, 4) is 0 Å². The Kier molecular flexibility index (Phi) is 3.93. The summed E-state index contributed by atoms with van der Waals surface area (Å²) < 4.78 is 2.12. The van der Waals surface area contributed by atoms with Gasteiger partial charge in [-0.2, -0.15) is 0 Å². The molecule has 3 aromatic rings. The van der Waals surface area contributed by atoms with Crippen LogP contribution in [0.4, 0.5) is 5.95 Å². The Morgan fingerprint density at radius 2 is 2.05 bits per heavy atom. The minimum absolute atomic E-state index is 0.682. The van der Waals surface area contributed by atoms with Gasteiger partial charge in [0.15, 0.2) is 0 Å². The highest BCUT2D eigenvalue weighted by Gasteiger charge is 2.08. The lowest BCUT2D eigenvalue weighted by Gasteiger charge is -2.09. The lowest BCUT2D eigenvalue weighted by molar-refractivity contribution is 0.846. The van der Waals surface area contributed by atoms with Gasteiger partial charge in [0.25, 0.3) is 0 Å². The Morgan fingerprint density at radius 1 is 1.19 bits per heavy atom. The highest BCUT2D eigenvalue weighted by molar-refractivity contribution is 6.30. The molecule has 106 valence electrons. The van der Waals surface area contributed by atoms with Gasteiger partial charge in [-0.05, 0) is 29.8 Å². The average molecular weight is 298 g/mol. The van der Waals surface area contributed by atoms with Gasteiger partial charge < -0.3 is 9.88 Å². The molecule has 0 atom stereocenters. The molecule has 0 unspecified atom stereocenters. The van der Waals surface area contributed by atoms with Gasteiger partial charge in [0.05, 0.1) is 11.0 Å². The van der Waals surface area contributed by atoms with Gasteiger partial charge in [-0.15, -0.1) is 6.58 Å². The number of nitrogens with one attached hydrogen (secondary N) is 1. The number of anilines is 1. The SMILES string of the molecule is C=CCn1c(NCc2cccc(Cl)c2)nc2ccccc21. The number of hydrogen-bond acceptors (Lipinski definition) is 2. The Labute approximate surface area is 128 Å². The largest absolute Gasteiger partial charge is 0.352 e. The van der Waals surface area contributed by atoms with Gasteiger partial charge in [-0.1, -0.05) is 41.9 Å². The van der Waals surface area contributed by atoms with E-state index in [-0.39, 0.29) is 0 Å². The molecule has 3 nitrogen and oxygen atoms in total. The molecule has 3 rings (SSSR count). The highest BCUT2D eigenvalue weighted by atomic mass is 35.5. The first-order valence-corrected chi connectivity index (χ1v) is 7.20. The molecule has 21 heavy (non-hydrogen) atoms. The van der Waals surface area contributed by atoms with Crippen LogP contribution in [0.3, 0.4) is 0 Å². The summed E-state index contributed by atoms with van der Waals surface area (Å²) in [7, 11) is 0. The van der Waals surface area contributed by atoms with E-state index in [1.807, 2.05) is 48.5 Å².